The molecule has 0 fully saturated rings. The van der Waals surface area contributed by atoms with Crippen LogP contribution in [0.3, 0.4) is 0 Å². The van der Waals surface area contributed by atoms with Crippen molar-refractivity contribution < 1.29 is 0 Å². The van der Waals surface area contributed by atoms with Crippen molar-refractivity contribution in [3.8, 4) is 39.1 Å². The number of aromatic nitrogens is 1. The zero-order valence-electron chi connectivity index (χ0n) is 27.5. The van der Waals surface area contributed by atoms with Gasteiger partial charge in [-0.2, -0.15) is 0 Å². The van der Waals surface area contributed by atoms with E-state index in [9.17, 15) is 0 Å². The molecule has 2 heteroatoms. The maximum absolute atomic E-state index is 2.42. The van der Waals surface area contributed by atoms with Crippen LogP contribution in [-0.4, -0.2) is 4.57 Å². The first-order valence-corrected chi connectivity index (χ1v) is 17.1. The van der Waals surface area contributed by atoms with E-state index in [1.807, 2.05) is 0 Å². The molecule has 0 radical (unpaired) electrons. The molecule has 0 N–H and O–H groups in total. The number of fused-ring (bicyclic) bond motifs is 3. The summed E-state index contributed by atoms with van der Waals surface area (Å²) in [6, 6.07) is 74.0. The van der Waals surface area contributed by atoms with E-state index >= 15 is 0 Å². The molecule has 9 aromatic rings. The largest absolute Gasteiger partial charge is 0.311 e. The molecule has 0 aliphatic carbocycles. The van der Waals surface area contributed by atoms with Gasteiger partial charge in [0, 0.05) is 39.1 Å². The van der Waals surface area contributed by atoms with Crippen molar-refractivity contribution in [3.05, 3.63) is 206 Å². The van der Waals surface area contributed by atoms with Crippen molar-refractivity contribution in [2.45, 2.75) is 0 Å². The van der Waals surface area contributed by atoms with E-state index in [0.29, 0.717) is 0 Å². The van der Waals surface area contributed by atoms with Crippen molar-refractivity contribution in [2.75, 3.05) is 4.90 Å². The van der Waals surface area contributed by atoms with Crippen LogP contribution in [0.4, 0.5) is 17.1 Å². The summed E-state index contributed by atoms with van der Waals surface area (Å²) in [5, 5.41) is 2.51. The predicted octanol–water partition coefficient (Wildman–Crippen LogP) is 13.3. The zero-order chi connectivity index (χ0) is 33.3. The fourth-order valence-corrected chi connectivity index (χ4v) is 7.20. The first-order valence-electron chi connectivity index (χ1n) is 17.1. The number of anilines is 3. The van der Waals surface area contributed by atoms with Gasteiger partial charge >= 0.3 is 0 Å². The van der Waals surface area contributed by atoms with Crippen molar-refractivity contribution in [1.82, 2.24) is 4.57 Å². The van der Waals surface area contributed by atoms with Gasteiger partial charge in [0.25, 0.3) is 0 Å². The van der Waals surface area contributed by atoms with E-state index in [1.54, 1.807) is 0 Å². The SMILES string of the molecule is c1ccc(-c2ccc(N(c3ccc(-c4ccccc4)cc3)c3ccc(-n4c5ccccc5c5cccc(-c6ccccc6)c54)cc3)cc2)cc1. The lowest BCUT2D eigenvalue weighted by atomic mass is 10.0. The Kier molecular flexibility index (Phi) is 7.53. The second-order valence-corrected chi connectivity index (χ2v) is 12.6. The van der Waals surface area contributed by atoms with Crippen molar-refractivity contribution >= 4 is 38.9 Å². The molecule has 1 aromatic heterocycles. The van der Waals surface area contributed by atoms with E-state index in [1.165, 1.54) is 55.2 Å². The van der Waals surface area contributed by atoms with Crippen molar-refractivity contribution in [2.24, 2.45) is 0 Å². The Bertz CT molecular complexity index is 2450. The van der Waals surface area contributed by atoms with Gasteiger partial charge in [-0.15, -0.1) is 0 Å². The molecule has 8 aromatic carbocycles. The van der Waals surface area contributed by atoms with Gasteiger partial charge in [-0.25, -0.2) is 0 Å². The van der Waals surface area contributed by atoms with Crippen LogP contribution in [0.1, 0.15) is 0 Å². The number of nitrogens with zero attached hydrogens (tertiary/aromatic N) is 2. The van der Waals surface area contributed by atoms with E-state index in [2.05, 4.69) is 216 Å². The maximum atomic E-state index is 2.42. The van der Waals surface area contributed by atoms with E-state index < -0.39 is 0 Å². The van der Waals surface area contributed by atoms with Crippen LogP contribution in [0.25, 0.3) is 60.9 Å². The lowest BCUT2D eigenvalue weighted by Gasteiger charge is -2.26. The fraction of sp³-hybridized carbons (Fsp3) is 0. The Balaban J connectivity index is 1.17. The average Bonchev–Trinajstić information content (AvgIpc) is 3.54. The predicted molar refractivity (Wildman–Crippen MR) is 212 cm³/mol. The lowest BCUT2D eigenvalue weighted by molar-refractivity contribution is 1.17. The highest BCUT2D eigenvalue weighted by Crippen LogP contribution is 2.40. The molecule has 0 spiro atoms. The first-order chi connectivity index (χ1) is 24.8. The van der Waals surface area contributed by atoms with Crippen LogP contribution >= 0.6 is 0 Å². The quantitative estimate of drug-likeness (QED) is 0.169. The standard InChI is InChI=1S/C48H34N2/c1-4-13-35(14-5-1)37-23-27-40(28-24-37)49(41-29-25-38(26-30-41)36-15-6-2-7-16-36)42-31-33-43(34-32-42)50-47-22-11-10-19-45(47)46-21-12-20-44(48(46)50)39-17-8-3-9-18-39/h1-34H. The second kappa shape index (κ2) is 12.8. The van der Waals surface area contributed by atoms with Crippen LogP contribution in [0.15, 0.2) is 206 Å². The Morgan fingerprint density at radius 1 is 0.300 bits per heavy atom. The van der Waals surface area contributed by atoms with E-state index in [-0.39, 0.29) is 0 Å². The molecule has 0 atom stereocenters. The molecule has 0 bridgehead atoms. The lowest BCUT2D eigenvalue weighted by Crippen LogP contribution is -2.10. The molecule has 9 rings (SSSR count). The Labute approximate surface area is 292 Å². The highest BCUT2D eigenvalue weighted by molar-refractivity contribution is 6.13. The highest BCUT2D eigenvalue weighted by atomic mass is 15.1. The molecule has 0 amide bonds. The summed E-state index contributed by atoms with van der Waals surface area (Å²) >= 11 is 0. The van der Waals surface area contributed by atoms with E-state index in [4.69, 9.17) is 0 Å². The number of para-hydroxylation sites is 2. The summed E-state index contributed by atoms with van der Waals surface area (Å²) in [5.41, 5.74) is 14.1. The minimum atomic E-state index is 1.10. The van der Waals surface area contributed by atoms with Crippen LogP contribution in [-0.2, 0) is 0 Å². The topological polar surface area (TPSA) is 8.17 Å². The van der Waals surface area contributed by atoms with Crippen LogP contribution in [0.5, 0.6) is 0 Å². The molecule has 1 heterocycles. The highest BCUT2D eigenvalue weighted by Gasteiger charge is 2.18. The molecular weight excluding hydrogens is 605 g/mol. The zero-order valence-corrected chi connectivity index (χ0v) is 27.5. The number of benzene rings is 8. The molecule has 0 aliphatic heterocycles. The Morgan fingerprint density at radius 3 is 1.26 bits per heavy atom. The first kappa shape index (κ1) is 29.5. The number of hydrogen-bond acceptors (Lipinski definition) is 1. The van der Waals surface area contributed by atoms with Crippen LogP contribution < -0.4 is 4.90 Å². The van der Waals surface area contributed by atoms with Gasteiger partial charge in [0.2, 0.25) is 0 Å². The normalized spacial score (nSPS) is 11.2. The molecule has 2 nitrogen and oxygen atoms in total. The Hall–Kier alpha value is -6.64. The van der Waals surface area contributed by atoms with Gasteiger partial charge in [0.1, 0.15) is 0 Å². The third kappa shape index (κ3) is 5.34. The fourth-order valence-electron chi connectivity index (χ4n) is 7.20. The molecule has 0 aliphatic rings. The Morgan fingerprint density at radius 2 is 0.720 bits per heavy atom. The van der Waals surface area contributed by atoms with Gasteiger partial charge < -0.3 is 9.47 Å². The summed E-state index contributed by atoms with van der Waals surface area (Å²) in [5.74, 6) is 0. The van der Waals surface area contributed by atoms with Gasteiger partial charge in [-0.05, 0) is 82.4 Å². The summed E-state index contributed by atoms with van der Waals surface area (Å²) in [6.07, 6.45) is 0. The van der Waals surface area contributed by atoms with Crippen LogP contribution in [0.2, 0.25) is 0 Å². The third-order valence-electron chi connectivity index (χ3n) is 9.61. The average molecular weight is 639 g/mol. The number of rotatable bonds is 7. The molecule has 0 saturated heterocycles. The molecule has 50 heavy (non-hydrogen) atoms. The van der Waals surface area contributed by atoms with Gasteiger partial charge in [0.05, 0.1) is 11.0 Å². The monoisotopic (exact) mass is 638 g/mol. The summed E-state index contributed by atoms with van der Waals surface area (Å²) in [6.45, 7) is 0. The molecule has 0 saturated carbocycles. The maximum Gasteiger partial charge on any atom is 0.0619 e. The number of hydrogen-bond donors (Lipinski definition) is 0. The molecular formula is C48H34N2. The minimum Gasteiger partial charge on any atom is -0.311 e. The van der Waals surface area contributed by atoms with E-state index in [0.717, 1.165) is 22.7 Å². The minimum absolute atomic E-state index is 1.10. The summed E-state index contributed by atoms with van der Waals surface area (Å²) < 4.78 is 2.42. The summed E-state index contributed by atoms with van der Waals surface area (Å²) in [7, 11) is 0. The third-order valence-corrected chi connectivity index (χ3v) is 9.61. The smallest absolute Gasteiger partial charge is 0.0619 e. The van der Waals surface area contributed by atoms with Crippen molar-refractivity contribution in [1.29, 1.82) is 0 Å². The van der Waals surface area contributed by atoms with Gasteiger partial charge in [-0.3, -0.25) is 0 Å². The summed E-state index contributed by atoms with van der Waals surface area (Å²) in [4.78, 5) is 2.34. The second-order valence-electron chi connectivity index (χ2n) is 12.6. The van der Waals surface area contributed by atoms with Crippen LogP contribution in [0, 0.1) is 0 Å². The van der Waals surface area contributed by atoms with Gasteiger partial charge in [0.15, 0.2) is 0 Å². The molecule has 236 valence electrons. The molecule has 0 unspecified atom stereocenters. The van der Waals surface area contributed by atoms with Gasteiger partial charge in [-0.1, -0.05) is 152 Å². The van der Waals surface area contributed by atoms with Crippen molar-refractivity contribution in [3.63, 3.8) is 0 Å².